The summed E-state index contributed by atoms with van der Waals surface area (Å²) in [4.78, 5) is 8.94. The van der Waals surface area contributed by atoms with Gasteiger partial charge in [-0.3, -0.25) is 0 Å². The highest BCUT2D eigenvalue weighted by Crippen LogP contribution is 2.13. The van der Waals surface area contributed by atoms with E-state index in [2.05, 4.69) is 25.9 Å². The molecule has 1 heterocycles. The highest BCUT2D eigenvalue weighted by Gasteiger charge is 2.02. The third-order valence-electron chi connectivity index (χ3n) is 1.97. The van der Waals surface area contributed by atoms with Crippen molar-refractivity contribution in [1.29, 1.82) is 0 Å². The Bertz CT molecular complexity index is 440. The summed E-state index contributed by atoms with van der Waals surface area (Å²) in [5, 5.41) is 0.761. The fraction of sp³-hybridized carbons (Fsp3) is 0.200. The van der Waals surface area contributed by atoms with Gasteiger partial charge in [-0.2, -0.15) is 0 Å². The van der Waals surface area contributed by atoms with Gasteiger partial charge in [0, 0.05) is 5.33 Å². The van der Waals surface area contributed by atoms with E-state index in [9.17, 15) is 0 Å². The van der Waals surface area contributed by atoms with E-state index < -0.39 is 0 Å². The number of para-hydroxylation sites is 2. The lowest BCUT2D eigenvalue weighted by atomic mass is 10.2. The lowest BCUT2D eigenvalue weighted by molar-refractivity contribution is 1.09. The molecule has 1 aromatic heterocycles. The van der Waals surface area contributed by atoms with Gasteiger partial charge < -0.3 is 0 Å². The molecular weight excluding hydrogens is 228 g/mol. The van der Waals surface area contributed by atoms with Crippen LogP contribution in [0.25, 0.3) is 11.0 Å². The van der Waals surface area contributed by atoms with Gasteiger partial charge in [0.2, 0.25) is 0 Å². The van der Waals surface area contributed by atoms with Crippen LogP contribution in [0.4, 0.5) is 0 Å². The number of hydrogen-bond acceptors (Lipinski definition) is 2. The van der Waals surface area contributed by atoms with Crippen LogP contribution in [-0.2, 0) is 5.33 Å². The maximum absolute atomic E-state index is 4.48. The second-order valence-electron chi connectivity index (χ2n) is 2.88. The average molecular weight is 237 g/mol. The van der Waals surface area contributed by atoms with E-state index in [1.807, 2.05) is 31.2 Å². The first-order valence-electron chi connectivity index (χ1n) is 4.09. The molecule has 0 aliphatic carbocycles. The quantitative estimate of drug-likeness (QED) is 0.712. The predicted molar refractivity (Wildman–Crippen MR) is 56.9 cm³/mol. The van der Waals surface area contributed by atoms with Gasteiger partial charge in [0.15, 0.2) is 0 Å². The number of rotatable bonds is 1. The highest BCUT2D eigenvalue weighted by molar-refractivity contribution is 9.08. The third kappa shape index (κ3) is 1.56. The normalized spacial score (nSPS) is 10.6. The number of aromatic nitrogens is 2. The molecule has 13 heavy (non-hydrogen) atoms. The maximum Gasteiger partial charge on any atom is 0.0890 e. The predicted octanol–water partition coefficient (Wildman–Crippen LogP) is 2.83. The van der Waals surface area contributed by atoms with Gasteiger partial charge in [-0.1, -0.05) is 28.1 Å². The number of alkyl halides is 1. The Labute approximate surface area is 85.1 Å². The van der Waals surface area contributed by atoms with Crippen molar-refractivity contribution in [1.82, 2.24) is 9.97 Å². The van der Waals surface area contributed by atoms with Gasteiger partial charge in [0.25, 0.3) is 0 Å². The van der Waals surface area contributed by atoms with E-state index in [1.165, 1.54) is 0 Å². The van der Waals surface area contributed by atoms with Crippen molar-refractivity contribution in [2.24, 2.45) is 0 Å². The minimum Gasteiger partial charge on any atom is -0.250 e. The Hall–Kier alpha value is -0.960. The molecule has 0 saturated carbocycles. The molecular formula is C10H9BrN2. The Morgan fingerprint density at radius 1 is 1.15 bits per heavy atom. The number of benzene rings is 1. The summed E-state index contributed by atoms with van der Waals surface area (Å²) in [5.74, 6) is 0. The highest BCUT2D eigenvalue weighted by atomic mass is 79.9. The molecule has 2 aromatic rings. The zero-order valence-electron chi connectivity index (χ0n) is 7.29. The molecule has 0 spiro atoms. The van der Waals surface area contributed by atoms with Crippen LogP contribution in [-0.4, -0.2) is 9.97 Å². The lowest BCUT2D eigenvalue weighted by Gasteiger charge is -2.02. The Kier molecular flexibility index (Phi) is 2.27. The Morgan fingerprint density at radius 2 is 1.77 bits per heavy atom. The van der Waals surface area contributed by atoms with Crippen LogP contribution >= 0.6 is 15.9 Å². The van der Waals surface area contributed by atoms with Crippen LogP contribution < -0.4 is 0 Å². The minimum absolute atomic E-state index is 0.761. The fourth-order valence-electron chi connectivity index (χ4n) is 1.25. The van der Waals surface area contributed by atoms with Crippen molar-refractivity contribution in [2.75, 3.05) is 0 Å². The topological polar surface area (TPSA) is 25.8 Å². The van der Waals surface area contributed by atoms with Crippen molar-refractivity contribution in [3.05, 3.63) is 35.7 Å². The van der Waals surface area contributed by atoms with Crippen molar-refractivity contribution in [3.63, 3.8) is 0 Å². The zero-order valence-corrected chi connectivity index (χ0v) is 8.87. The summed E-state index contributed by atoms with van der Waals surface area (Å²) in [6.07, 6.45) is 0. The molecule has 66 valence electrons. The van der Waals surface area contributed by atoms with Crippen LogP contribution in [0.5, 0.6) is 0 Å². The SMILES string of the molecule is Cc1nc2ccccc2nc1CBr. The van der Waals surface area contributed by atoms with Crippen LogP contribution in [0, 0.1) is 6.92 Å². The average Bonchev–Trinajstić information content (AvgIpc) is 2.17. The van der Waals surface area contributed by atoms with Gasteiger partial charge in [-0.05, 0) is 19.1 Å². The molecule has 0 atom stereocenters. The molecule has 0 fully saturated rings. The Balaban J connectivity index is 2.74. The van der Waals surface area contributed by atoms with E-state index in [-0.39, 0.29) is 0 Å². The number of hydrogen-bond donors (Lipinski definition) is 0. The van der Waals surface area contributed by atoms with Crippen LogP contribution in [0.15, 0.2) is 24.3 Å². The number of halogens is 1. The smallest absolute Gasteiger partial charge is 0.0890 e. The molecule has 2 nitrogen and oxygen atoms in total. The van der Waals surface area contributed by atoms with Crippen molar-refractivity contribution in [2.45, 2.75) is 12.3 Å². The first-order valence-corrected chi connectivity index (χ1v) is 5.21. The molecule has 0 bridgehead atoms. The van der Waals surface area contributed by atoms with E-state index in [4.69, 9.17) is 0 Å². The molecule has 3 heteroatoms. The fourth-order valence-corrected chi connectivity index (χ4v) is 1.78. The van der Waals surface area contributed by atoms with E-state index >= 15 is 0 Å². The van der Waals surface area contributed by atoms with Gasteiger partial charge in [0.1, 0.15) is 0 Å². The standard InChI is InChI=1S/C10H9BrN2/c1-7-10(6-11)13-9-5-3-2-4-8(9)12-7/h2-5H,6H2,1H3. The summed E-state index contributed by atoms with van der Waals surface area (Å²) in [6.45, 7) is 1.98. The van der Waals surface area contributed by atoms with Crippen molar-refractivity contribution in [3.8, 4) is 0 Å². The van der Waals surface area contributed by atoms with Gasteiger partial charge in [-0.25, -0.2) is 9.97 Å². The summed E-state index contributed by atoms with van der Waals surface area (Å²) in [7, 11) is 0. The second kappa shape index (κ2) is 3.42. The maximum atomic E-state index is 4.48. The molecule has 1 aromatic carbocycles. The molecule has 0 radical (unpaired) electrons. The number of nitrogens with zero attached hydrogens (tertiary/aromatic N) is 2. The van der Waals surface area contributed by atoms with E-state index in [1.54, 1.807) is 0 Å². The van der Waals surface area contributed by atoms with Gasteiger partial charge >= 0.3 is 0 Å². The molecule has 0 amide bonds. The zero-order chi connectivity index (χ0) is 9.26. The summed E-state index contributed by atoms with van der Waals surface area (Å²) < 4.78 is 0. The molecule has 0 aliphatic rings. The molecule has 0 saturated heterocycles. The first-order chi connectivity index (χ1) is 6.31. The van der Waals surface area contributed by atoms with Crippen LogP contribution in [0.2, 0.25) is 0 Å². The van der Waals surface area contributed by atoms with Crippen LogP contribution in [0.3, 0.4) is 0 Å². The molecule has 2 rings (SSSR count). The summed E-state index contributed by atoms with van der Waals surface area (Å²) >= 11 is 3.39. The Morgan fingerprint density at radius 3 is 2.38 bits per heavy atom. The van der Waals surface area contributed by atoms with Crippen molar-refractivity contribution >= 4 is 27.0 Å². The minimum atomic E-state index is 0.761. The van der Waals surface area contributed by atoms with Gasteiger partial charge in [-0.15, -0.1) is 0 Å². The molecule has 0 N–H and O–H groups in total. The molecule has 0 aliphatic heterocycles. The van der Waals surface area contributed by atoms with Crippen LogP contribution in [0.1, 0.15) is 11.4 Å². The monoisotopic (exact) mass is 236 g/mol. The molecule has 0 unspecified atom stereocenters. The largest absolute Gasteiger partial charge is 0.250 e. The number of fused-ring (bicyclic) bond motifs is 1. The lowest BCUT2D eigenvalue weighted by Crippen LogP contribution is -1.95. The first kappa shape index (κ1) is 8.63. The summed E-state index contributed by atoms with van der Waals surface area (Å²) in [5.41, 5.74) is 3.93. The van der Waals surface area contributed by atoms with Gasteiger partial charge in [0.05, 0.1) is 22.4 Å². The third-order valence-corrected chi connectivity index (χ3v) is 2.50. The second-order valence-corrected chi connectivity index (χ2v) is 3.44. The van der Waals surface area contributed by atoms with E-state index in [0.717, 1.165) is 27.8 Å². The summed E-state index contributed by atoms with van der Waals surface area (Å²) in [6, 6.07) is 7.91. The van der Waals surface area contributed by atoms with Crippen molar-refractivity contribution < 1.29 is 0 Å². The van der Waals surface area contributed by atoms with E-state index in [0.29, 0.717) is 0 Å². The number of aryl methyl sites for hydroxylation is 1.